The molecule has 0 unspecified atom stereocenters. The minimum absolute atomic E-state index is 0.189. The van der Waals surface area contributed by atoms with Gasteiger partial charge in [-0.1, -0.05) is 11.3 Å². The van der Waals surface area contributed by atoms with Gasteiger partial charge in [-0.05, 0) is 50.5 Å². The summed E-state index contributed by atoms with van der Waals surface area (Å²) in [5, 5.41) is 4.41. The van der Waals surface area contributed by atoms with Crippen LogP contribution in [0, 0.1) is 13.8 Å². The fourth-order valence-corrected chi connectivity index (χ4v) is 3.89. The molecule has 8 heteroatoms. The molecule has 1 saturated heterocycles. The lowest BCUT2D eigenvalue weighted by atomic mass is 10.1. The third-order valence-electron chi connectivity index (χ3n) is 4.56. The van der Waals surface area contributed by atoms with E-state index in [2.05, 4.69) is 10.2 Å². The second-order valence-electron chi connectivity index (χ2n) is 6.63. The third kappa shape index (κ3) is 4.77. The van der Waals surface area contributed by atoms with Crippen LogP contribution in [-0.2, 0) is 20.9 Å². The molecule has 0 radical (unpaired) electrons. The van der Waals surface area contributed by atoms with Gasteiger partial charge in [0.2, 0.25) is 0 Å². The van der Waals surface area contributed by atoms with Gasteiger partial charge in [-0.25, -0.2) is 0 Å². The summed E-state index contributed by atoms with van der Waals surface area (Å²) >= 11 is 1.03. The summed E-state index contributed by atoms with van der Waals surface area (Å²) in [6.45, 7) is 5.31. The van der Waals surface area contributed by atoms with Crippen LogP contribution < -0.4 is 15.1 Å². The Hall–Kier alpha value is -2.61. The van der Waals surface area contributed by atoms with E-state index in [1.165, 1.54) is 23.1 Å². The van der Waals surface area contributed by atoms with Crippen molar-refractivity contribution in [1.29, 1.82) is 0 Å². The molecule has 1 amide bonds. The SMILES string of the molecule is Cc1cc(NC(=O)COC(=O)Cn2c(C)csc2=O)ccc1N1CCCC1. The number of aryl methyl sites for hydroxylation is 2. The average molecular weight is 389 g/mol. The lowest BCUT2D eigenvalue weighted by Crippen LogP contribution is -2.26. The molecule has 1 aromatic carbocycles. The molecule has 144 valence electrons. The summed E-state index contributed by atoms with van der Waals surface area (Å²) < 4.78 is 6.31. The van der Waals surface area contributed by atoms with Crippen molar-refractivity contribution in [3.05, 3.63) is 44.5 Å². The fourth-order valence-electron chi connectivity index (χ4n) is 3.16. The van der Waals surface area contributed by atoms with Crippen molar-refractivity contribution in [2.75, 3.05) is 29.9 Å². The van der Waals surface area contributed by atoms with Crippen LogP contribution in [0.25, 0.3) is 0 Å². The van der Waals surface area contributed by atoms with Crippen LogP contribution in [0.2, 0.25) is 0 Å². The monoisotopic (exact) mass is 389 g/mol. The maximum Gasteiger partial charge on any atom is 0.326 e. The summed E-state index contributed by atoms with van der Waals surface area (Å²) in [4.78, 5) is 37.6. The topological polar surface area (TPSA) is 80.6 Å². The number of amides is 1. The van der Waals surface area contributed by atoms with Gasteiger partial charge in [-0.15, -0.1) is 0 Å². The molecule has 0 atom stereocenters. The first-order chi connectivity index (χ1) is 12.9. The van der Waals surface area contributed by atoms with Gasteiger partial charge in [0.25, 0.3) is 5.91 Å². The van der Waals surface area contributed by atoms with E-state index in [9.17, 15) is 14.4 Å². The van der Waals surface area contributed by atoms with E-state index in [4.69, 9.17) is 4.74 Å². The van der Waals surface area contributed by atoms with E-state index in [0.29, 0.717) is 11.4 Å². The van der Waals surface area contributed by atoms with Crippen LogP contribution in [0.1, 0.15) is 24.1 Å². The van der Waals surface area contributed by atoms with Crippen molar-refractivity contribution >= 4 is 34.6 Å². The number of aromatic nitrogens is 1. The zero-order valence-electron chi connectivity index (χ0n) is 15.5. The van der Waals surface area contributed by atoms with E-state index in [1.54, 1.807) is 12.3 Å². The first-order valence-electron chi connectivity index (χ1n) is 8.90. The Morgan fingerprint density at radius 2 is 1.96 bits per heavy atom. The number of anilines is 2. The van der Waals surface area contributed by atoms with Crippen LogP contribution in [0.3, 0.4) is 0 Å². The third-order valence-corrected chi connectivity index (χ3v) is 5.44. The molecule has 0 saturated carbocycles. The Morgan fingerprint density at radius 1 is 1.22 bits per heavy atom. The van der Waals surface area contributed by atoms with E-state index >= 15 is 0 Å². The Morgan fingerprint density at radius 3 is 2.59 bits per heavy atom. The number of esters is 1. The number of thiazole rings is 1. The highest BCUT2D eigenvalue weighted by Crippen LogP contribution is 2.26. The van der Waals surface area contributed by atoms with Gasteiger partial charge in [0.05, 0.1) is 0 Å². The first kappa shape index (κ1) is 19.2. The smallest absolute Gasteiger partial charge is 0.326 e. The minimum atomic E-state index is -0.616. The summed E-state index contributed by atoms with van der Waals surface area (Å²) in [6, 6.07) is 5.78. The molecule has 7 nitrogen and oxygen atoms in total. The Labute approximate surface area is 161 Å². The van der Waals surface area contributed by atoms with Gasteiger partial charge >= 0.3 is 10.8 Å². The molecular weight excluding hydrogens is 366 g/mol. The molecule has 0 aliphatic carbocycles. The summed E-state index contributed by atoms with van der Waals surface area (Å²) in [5.74, 6) is -1.03. The van der Waals surface area contributed by atoms with E-state index in [-0.39, 0.29) is 18.0 Å². The van der Waals surface area contributed by atoms with E-state index < -0.39 is 11.9 Å². The second-order valence-corrected chi connectivity index (χ2v) is 7.45. The molecular formula is C19H23N3O4S. The molecule has 3 rings (SSSR count). The summed E-state index contributed by atoms with van der Waals surface area (Å²) in [6.07, 6.45) is 2.42. The van der Waals surface area contributed by atoms with Gasteiger partial charge in [-0.2, -0.15) is 0 Å². The largest absolute Gasteiger partial charge is 0.454 e. The zero-order chi connectivity index (χ0) is 19.4. The highest BCUT2D eigenvalue weighted by molar-refractivity contribution is 7.07. The summed E-state index contributed by atoms with van der Waals surface area (Å²) in [7, 11) is 0. The van der Waals surface area contributed by atoms with E-state index in [1.807, 2.05) is 25.1 Å². The quantitative estimate of drug-likeness (QED) is 0.767. The molecule has 1 aliphatic heterocycles. The van der Waals surface area contributed by atoms with Crippen LogP contribution >= 0.6 is 11.3 Å². The number of hydrogen-bond donors (Lipinski definition) is 1. The highest BCUT2D eigenvalue weighted by atomic mass is 32.1. The van der Waals surface area contributed by atoms with Gasteiger partial charge in [0.15, 0.2) is 6.61 Å². The molecule has 27 heavy (non-hydrogen) atoms. The van der Waals surface area contributed by atoms with Crippen molar-refractivity contribution in [2.24, 2.45) is 0 Å². The maximum absolute atomic E-state index is 12.0. The number of hydrogen-bond acceptors (Lipinski definition) is 6. The van der Waals surface area contributed by atoms with Crippen LogP contribution in [-0.4, -0.2) is 36.1 Å². The fraction of sp³-hybridized carbons (Fsp3) is 0.421. The number of benzene rings is 1. The van der Waals surface area contributed by atoms with Gasteiger partial charge in [-0.3, -0.25) is 19.0 Å². The van der Waals surface area contributed by atoms with Gasteiger partial charge in [0, 0.05) is 35.5 Å². The summed E-state index contributed by atoms with van der Waals surface area (Å²) in [5.41, 5.74) is 3.65. The lowest BCUT2D eigenvalue weighted by Gasteiger charge is -2.20. The van der Waals surface area contributed by atoms with Crippen molar-refractivity contribution < 1.29 is 14.3 Å². The van der Waals surface area contributed by atoms with Gasteiger partial charge < -0.3 is 15.0 Å². The predicted octanol–water partition coefficient (Wildman–Crippen LogP) is 2.31. The Bertz CT molecular complexity index is 897. The second kappa shape index (κ2) is 8.39. The Balaban J connectivity index is 1.51. The van der Waals surface area contributed by atoms with Crippen LogP contribution in [0.15, 0.2) is 28.4 Å². The van der Waals surface area contributed by atoms with Crippen LogP contribution in [0.5, 0.6) is 0 Å². The molecule has 1 fully saturated rings. The van der Waals surface area contributed by atoms with Crippen molar-refractivity contribution in [3.8, 4) is 0 Å². The number of carbonyl (C=O) groups excluding carboxylic acids is 2. The Kier molecular flexibility index (Phi) is 5.95. The number of nitrogens with one attached hydrogen (secondary N) is 1. The van der Waals surface area contributed by atoms with Gasteiger partial charge in [0.1, 0.15) is 6.54 Å². The normalized spacial score (nSPS) is 13.6. The number of ether oxygens (including phenoxy) is 1. The molecule has 1 aliphatic rings. The zero-order valence-corrected chi connectivity index (χ0v) is 16.3. The number of nitrogens with zero attached hydrogens (tertiary/aromatic N) is 2. The van der Waals surface area contributed by atoms with Crippen molar-refractivity contribution in [3.63, 3.8) is 0 Å². The maximum atomic E-state index is 12.0. The first-order valence-corrected chi connectivity index (χ1v) is 9.78. The average Bonchev–Trinajstić information content (AvgIpc) is 3.26. The standard InChI is InChI=1S/C19H23N3O4S/c1-13-9-15(5-6-16(13)21-7-3-4-8-21)20-17(23)11-26-18(24)10-22-14(2)12-27-19(22)25/h5-6,9,12H,3-4,7-8,10-11H2,1-2H3,(H,20,23). The molecule has 0 bridgehead atoms. The number of rotatable bonds is 6. The van der Waals surface area contributed by atoms with E-state index in [0.717, 1.165) is 30.0 Å². The highest BCUT2D eigenvalue weighted by Gasteiger charge is 2.15. The van der Waals surface area contributed by atoms with Crippen LogP contribution in [0.4, 0.5) is 11.4 Å². The molecule has 0 spiro atoms. The number of carbonyl (C=O) groups is 2. The van der Waals surface area contributed by atoms with Crippen molar-refractivity contribution in [2.45, 2.75) is 33.2 Å². The molecule has 2 heterocycles. The van der Waals surface area contributed by atoms with Crippen molar-refractivity contribution in [1.82, 2.24) is 4.57 Å². The molecule has 1 N–H and O–H groups in total. The lowest BCUT2D eigenvalue weighted by molar-refractivity contribution is -0.147. The molecule has 2 aromatic rings. The minimum Gasteiger partial charge on any atom is -0.454 e. The molecule has 1 aromatic heterocycles. The predicted molar refractivity (Wildman–Crippen MR) is 106 cm³/mol.